The number of methoxy groups -OCH3 is 1. The number of hydrogen-bond acceptors (Lipinski definition) is 4. The zero-order chi connectivity index (χ0) is 24.8. The van der Waals surface area contributed by atoms with Crippen LogP contribution < -0.4 is 15.1 Å². The van der Waals surface area contributed by atoms with E-state index >= 15 is 0 Å². The molecule has 0 N–H and O–H groups in total. The number of esters is 1. The summed E-state index contributed by atoms with van der Waals surface area (Å²) in [5.41, 5.74) is 1.20. The Morgan fingerprint density at radius 2 is 1.56 bits per heavy atom. The van der Waals surface area contributed by atoms with Gasteiger partial charge in [-0.15, -0.1) is 0 Å². The second-order valence-electron chi connectivity index (χ2n) is 9.00. The fourth-order valence-corrected chi connectivity index (χ4v) is 9.40. The van der Waals surface area contributed by atoms with Crippen molar-refractivity contribution >= 4 is 40.6 Å². The van der Waals surface area contributed by atoms with Gasteiger partial charge in [0.1, 0.15) is 17.9 Å². The second kappa shape index (κ2) is 11.2. The van der Waals surface area contributed by atoms with E-state index < -0.39 is 14.3 Å². The Kier molecular flexibility index (Phi) is 8.52. The summed E-state index contributed by atoms with van der Waals surface area (Å²) in [7, 11) is -1.35. The summed E-state index contributed by atoms with van der Waals surface area (Å²) in [4.78, 5) is 12.5. The smallest absolute Gasteiger partial charge is 0.341 e. The van der Waals surface area contributed by atoms with Gasteiger partial charge in [0.25, 0.3) is 8.32 Å². The highest BCUT2D eigenvalue weighted by Crippen LogP contribution is 2.38. The molecule has 0 unspecified atom stereocenters. The molecule has 0 radical (unpaired) electrons. The zero-order valence-corrected chi connectivity index (χ0v) is 22.7. The van der Waals surface area contributed by atoms with Gasteiger partial charge in [-0.25, -0.2) is 4.79 Å². The first-order chi connectivity index (χ1) is 16.2. The molecule has 0 saturated heterocycles. The summed E-state index contributed by atoms with van der Waals surface area (Å²) in [6.45, 7) is 11.0. The van der Waals surface area contributed by atoms with Crippen molar-refractivity contribution in [2.24, 2.45) is 0 Å². The van der Waals surface area contributed by atoms with Crippen molar-refractivity contribution in [3.8, 4) is 5.75 Å². The van der Waals surface area contributed by atoms with Crippen molar-refractivity contribution in [2.75, 3.05) is 13.7 Å². The summed E-state index contributed by atoms with van der Waals surface area (Å²) in [5.74, 6) is -0.0343. The average molecular weight is 540 g/mol. The largest absolute Gasteiger partial charge is 0.487 e. The normalized spacial score (nSPS) is 11.7. The Morgan fingerprint density at radius 3 is 2.03 bits per heavy atom. The zero-order valence-electron chi connectivity index (χ0n) is 20.1. The van der Waals surface area contributed by atoms with Gasteiger partial charge >= 0.3 is 5.97 Å². The Labute approximate surface area is 211 Å². The van der Waals surface area contributed by atoms with E-state index in [0.717, 1.165) is 5.56 Å². The van der Waals surface area contributed by atoms with Crippen molar-refractivity contribution in [1.82, 2.24) is 0 Å². The minimum atomic E-state index is -2.71. The Bertz CT molecular complexity index is 1080. The first-order valence-electron chi connectivity index (χ1n) is 11.1. The molecule has 34 heavy (non-hydrogen) atoms. The lowest BCUT2D eigenvalue weighted by Crippen LogP contribution is -2.66. The quantitative estimate of drug-likeness (QED) is 0.194. The summed E-state index contributed by atoms with van der Waals surface area (Å²) in [6, 6.07) is 24.7. The number of carbonyl (C=O) groups excluding carboxylic acids is 1. The molecule has 0 aromatic heterocycles. The van der Waals surface area contributed by atoms with Crippen LogP contribution in [0.1, 0.15) is 36.7 Å². The molecule has 0 bridgehead atoms. The highest BCUT2D eigenvalue weighted by molar-refractivity contribution is 9.10. The Balaban J connectivity index is 2.10. The van der Waals surface area contributed by atoms with E-state index in [9.17, 15) is 4.79 Å². The number of benzene rings is 3. The highest BCUT2D eigenvalue weighted by Gasteiger charge is 2.50. The molecule has 0 saturated carbocycles. The van der Waals surface area contributed by atoms with Gasteiger partial charge in [0.15, 0.2) is 0 Å². The van der Waals surface area contributed by atoms with Crippen LogP contribution in [0.25, 0.3) is 0 Å². The molecule has 0 heterocycles. The first-order valence-corrected chi connectivity index (χ1v) is 13.8. The molecule has 3 aromatic carbocycles. The van der Waals surface area contributed by atoms with Gasteiger partial charge in [-0.05, 0) is 49.0 Å². The van der Waals surface area contributed by atoms with Crippen LogP contribution in [0.2, 0.25) is 5.04 Å². The summed E-state index contributed by atoms with van der Waals surface area (Å²) >= 11 is 3.56. The molecule has 3 aromatic rings. The fraction of sp³-hybridized carbons (Fsp3) is 0.250. The lowest BCUT2D eigenvalue weighted by Gasteiger charge is -2.43. The van der Waals surface area contributed by atoms with Crippen LogP contribution >= 0.6 is 15.9 Å². The maximum absolute atomic E-state index is 12.5. The van der Waals surface area contributed by atoms with Gasteiger partial charge in [0.05, 0.1) is 18.2 Å². The molecule has 0 aliphatic carbocycles. The van der Waals surface area contributed by atoms with Crippen LogP contribution in [-0.2, 0) is 15.8 Å². The number of ether oxygens (including phenoxy) is 2. The SMILES string of the molecule is C=CCOc1c(Br)cc(CO[Si](c2ccccc2)(c2ccccc2)C(C)(C)C)cc1C(=O)OC. The summed E-state index contributed by atoms with van der Waals surface area (Å²) in [5, 5.41) is 2.25. The molecule has 4 nitrogen and oxygen atoms in total. The lowest BCUT2D eigenvalue weighted by atomic mass is 10.1. The third-order valence-corrected chi connectivity index (χ3v) is 11.3. The Morgan fingerprint density at radius 1 is 1.00 bits per heavy atom. The highest BCUT2D eigenvalue weighted by atomic mass is 79.9. The second-order valence-corrected chi connectivity index (χ2v) is 14.2. The Hall–Kier alpha value is -2.67. The predicted molar refractivity (Wildman–Crippen MR) is 144 cm³/mol. The van der Waals surface area contributed by atoms with Crippen molar-refractivity contribution in [3.63, 3.8) is 0 Å². The van der Waals surface area contributed by atoms with Gasteiger partial charge in [-0.3, -0.25) is 0 Å². The lowest BCUT2D eigenvalue weighted by molar-refractivity contribution is 0.0596. The van der Waals surface area contributed by atoms with E-state index in [-0.39, 0.29) is 11.6 Å². The van der Waals surface area contributed by atoms with E-state index in [2.05, 4.69) is 91.8 Å². The number of carbonyl (C=O) groups is 1. The van der Waals surface area contributed by atoms with E-state index in [1.807, 2.05) is 18.2 Å². The molecule has 0 amide bonds. The van der Waals surface area contributed by atoms with Gasteiger partial charge in [0.2, 0.25) is 0 Å². The van der Waals surface area contributed by atoms with Crippen molar-refractivity contribution < 1.29 is 18.7 Å². The molecule has 178 valence electrons. The van der Waals surface area contributed by atoms with Crippen LogP contribution in [0.15, 0.2) is 89.9 Å². The van der Waals surface area contributed by atoms with Crippen molar-refractivity contribution in [2.45, 2.75) is 32.4 Å². The van der Waals surface area contributed by atoms with E-state index in [0.29, 0.717) is 22.4 Å². The summed E-state index contributed by atoms with van der Waals surface area (Å²) in [6.07, 6.45) is 1.63. The fourth-order valence-electron chi connectivity index (χ4n) is 4.24. The van der Waals surface area contributed by atoms with Crippen LogP contribution in [0.5, 0.6) is 5.75 Å². The van der Waals surface area contributed by atoms with Crippen LogP contribution in [0.3, 0.4) is 0 Å². The molecule has 6 heteroatoms. The third kappa shape index (κ3) is 5.35. The van der Waals surface area contributed by atoms with Gasteiger partial charge in [-0.1, -0.05) is 94.1 Å². The maximum atomic E-state index is 12.5. The molecule has 0 aliphatic heterocycles. The molecular weight excluding hydrogens is 508 g/mol. The minimum Gasteiger partial charge on any atom is -0.487 e. The van der Waals surface area contributed by atoms with Crippen molar-refractivity contribution in [1.29, 1.82) is 0 Å². The third-order valence-electron chi connectivity index (χ3n) is 5.73. The predicted octanol–water partition coefficient (Wildman–Crippen LogP) is 5.88. The van der Waals surface area contributed by atoms with Crippen LogP contribution in [-0.4, -0.2) is 28.0 Å². The summed E-state index contributed by atoms with van der Waals surface area (Å²) < 4.78 is 18.4. The van der Waals surface area contributed by atoms with E-state index in [1.54, 1.807) is 12.1 Å². The topological polar surface area (TPSA) is 44.8 Å². The molecule has 0 spiro atoms. The van der Waals surface area contributed by atoms with Gasteiger partial charge in [-0.2, -0.15) is 0 Å². The number of halogens is 1. The molecule has 0 aliphatic rings. The average Bonchev–Trinajstić information content (AvgIpc) is 2.83. The van der Waals surface area contributed by atoms with Crippen LogP contribution in [0.4, 0.5) is 0 Å². The van der Waals surface area contributed by atoms with Crippen molar-refractivity contribution in [3.05, 3.63) is 101 Å². The first kappa shape index (κ1) is 25.9. The van der Waals surface area contributed by atoms with Gasteiger partial charge < -0.3 is 13.9 Å². The van der Waals surface area contributed by atoms with Gasteiger partial charge in [0, 0.05) is 0 Å². The number of hydrogen-bond donors (Lipinski definition) is 0. The maximum Gasteiger partial charge on any atom is 0.341 e. The monoisotopic (exact) mass is 538 g/mol. The molecule has 3 rings (SSSR count). The van der Waals surface area contributed by atoms with Crippen LogP contribution in [0, 0.1) is 0 Å². The molecular formula is C28H31BrO4Si. The standard InChI is InChI=1S/C28H31BrO4Si/c1-6-17-32-26-24(27(30)31-5)18-21(19-25(26)29)20-33-34(28(2,3)4,22-13-9-7-10-14-22)23-15-11-8-12-16-23/h6-16,18-19H,1,17,20H2,2-5H3. The number of rotatable bonds is 9. The minimum absolute atomic E-state index is 0.148. The molecule has 0 atom stereocenters. The molecule has 0 fully saturated rings. The van der Waals surface area contributed by atoms with E-state index in [4.69, 9.17) is 13.9 Å². The van der Waals surface area contributed by atoms with E-state index in [1.165, 1.54) is 17.5 Å².